The van der Waals surface area contributed by atoms with Gasteiger partial charge in [-0.25, -0.2) is 0 Å². The molecule has 0 aliphatic carbocycles. The minimum atomic E-state index is -2.94. The summed E-state index contributed by atoms with van der Waals surface area (Å²) in [6, 6.07) is 8.26. The highest BCUT2D eigenvalue weighted by Gasteiger charge is 2.11. The zero-order valence-electron chi connectivity index (χ0n) is 14.1. The summed E-state index contributed by atoms with van der Waals surface area (Å²) in [7, 11) is 0. The highest BCUT2D eigenvalue weighted by molar-refractivity contribution is 6.32. The average Bonchev–Trinajstić information content (AvgIpc) is 2.51. The first kappa shape index (κ1) is 19.0. The van der Waals surface area contributed by atoms with E-state index < -0.39 is 6.61 Å². The van der Waals surface area contributed by atoms with Crippen LogP contribution in [0.5, 0.6) is 5.75 Å². The zero-order chi connectivity index (χ0) is 18.6. The van der Waals surface area contributed by atoms with Gasteiger partial charge in [0.25, 0.3) is 0 Å². The summed E-state index contributed by atoms with van der Waals surface area (Å²) in [5, 5.41) is 5.80. The van der Waals surface area contributed by atoms with Gasteiger partial charge in [-0.15, -0.1) is 0 Å². The second-order valence-electron chi connectivity index (χ2n) is 5.70. The van der Waals surface area contributed by atoms with Crippen molar-refractivity contribution in [3.05, 3.63) is 52.0 Å². The molecule has 0 aromatic heterocycles. The number of carbonyl (C=O) groups excluding carboxylic acids is 1. The van der Waals surface area contributed by atoms with Crippen molar-refractivity contribution in [1.29, 1.82) is 0 Å². The van der Waals surface area contributed by atoms with E-state index in [1.54, 1.807) is 0 Å². The minimum absolute atomic E-state index is 0.0120. The molecule has 0 unspecified atom stereocenters. The van der Waals surface area contributed by atoms with Crippen molar-refractivity contribution in [3.63, 3.8) is 0 Å². The molecule has 0 radical (unpaired) electrons. The van der Waals surface area contributed by atoms with E-state index in [4.69, 9.17) is 11.6 Å². The molecule has 0 fully saturated rings. The number of nitrogens with one attached hydrogen (secondary N) is 2. The predicted molar refractivity (Wildman–Crippen MR) is 95.9 cm³/mol. The molecular formula is C18H19ClF2N2O2. The Labute approximate surface area is 150 Å². The molecule has 134 valence electrons. The second kappa shape index (κ2) is 8.16. The monoisotopic (exact) mass is 368 g/mol. The lowest BCUT2D eigenvalue weighted by molar-refractivity contribution is -0.114. The van der Waals surface area contributed by atoms with Crippen LogP contribution in [-0.2, 0) is 4.79 Å². The fourth-order valence-corrected chi connectivity index (χ4v) is 2.77. The normalized spacial score (nSPS) is 10.7. The second-order valence-corrected chi connectivity index (χ2v) is 6.11. The lowest BCUT2D eigenvalue weighted by Gasteiger charge is -2.14. The summed E-state index contributed by atoms with van der Waals surface area (Å²) < 4.78 is 28.7. The number of rotatable bonds is 6. The molecule has 0 saturated carbocycles. The quantitative estimate of drug-likeness (QED) is 0.761. The third-order valence-electron chi connectivity index (χ3n) is 3.54. The van der Waals surface area contributed by atoms with Gasteiger partial charge in [0.1, 0.15) is 5.75 Å². The summed E-state index contributed by atoms with van der Waals surface area (Å²) in [6.45, 7) is 2.94. The van der Waals surface area contributed by atoms with Crippen LogP contribution in [0.25, 0.3) is 0 Å². The first-order valence-corrected chi connectivity index (χ1v) is 8.00. The number of anilines is 2. The minimum Gasteiger partial charge on any atom is -0.433 e. The summed E-state index contributed by atoms with van der Waals surface area (Å²) in [6.07, 6.45) is 0. The number of hydrogen-bond acceptors (Lipinski definition) is 3. The third kappa shape index (κ3) is 5.32. The number of halogens is 3. The van der Waals surface area contributed by atoms with Crippen LogP contribution >= 0.6 is 11.6 Å². The van der Waals surface area contributed by atoms with Crippen LogP contribution in [0.15, 0.2) is 30.3 Å². The molecule has 2 aromatic carbocycles. The third-order valence-corrected chi connectivity index (χ3v) is 3.84. The van der Waals surface area contributed by atoms with Gasteiger partial charge in [0, 0.05) is 11.4 Å². The predicted octanol–water partition coefficient (Wildman–Crippen LogP) is 4.92. The Morgan fingerprint density at radius 1 is 1.16 bits per heavy atom. The smallest absolute Gasteiger partial charge is 0.387 e. The number of amides is 1. The Bertz CT molecular complexity index is 759. The Hall–Kier alpha value is -2.34. The fourth-order valence-electron chi connectivity index (χ4n) is 2.55. The summed E-state index contributed by atoms with van der Waals surface area (Å²) in [5.74, 6) is -0.336. The Morgan fingerprint density at radius 3 is 2.36 bits per heavy atom. The zero-order valence-corrected chi connectivity index (χ0v) is 14.9. The highest BCUT2D eigenvalue weighted by atomic mass is 35.5. The fraction of sp³-hybridized carbons (Fsp3) is 0.278. The molecule has 1 amide bonds. The van der Waals surface area contributed by atoms with Crippen LogP contribution in [0.3, 0.4) is 0 Å². The van der Waals surface area contributed by atoms with E-state index in [0.717, 1.165) is 22.4 Å². The van der Waals surface area contributed by atoms with E-state index in [-0.39, 0.29) is 23.2 Å². The molecule has 2 rings (SSSR count). The molecule has 0 aliphatic heterocycles. The van der Waals surface area contributed by atoms with Gasteiger partial charge in [0.15, 0.2) is 0 Å². The van der Waals surface area contributed by atoms with Crippen LogP contribution in [-0.4, -0.2) is 19.1 Å². The molecule has 2 N–H and O–H groups in total. The molecule has 25 heavy (non-hydrogen) atoms. The maximum absolute atomic E-state index is 12.2. The maximum atomic E-state index is 12.2. The van der Waals surface area contributed by atoms with Gasteiger partial charge in [-0.3, -0.25) is 4.79 Å². The molecule has 2 aromatic rings. The lowest BCUT2D eigenvalue weighted by atomic mass is 10.1. The SMILES string of the molecule is Cc1cc(C)c(NC(=O)CNc2ccc(OC(F)F)c(Cl)c2)c(C)c1. The molecule has 0 bridgehead atoms. The van der Waals surface area contributed by atoms with Crippen molar-refractivity contribution < 1.29 is 18.3 Å². The van der Waals surface area contributed by atoms with Gasteiger partial charge in [0.2, 0.25) is 5.91 Å². The van der Waals surface area contributed by atoms with E-state index in [1.807, 2.05) is 32.9 Å². The van der Waals surface area contributed by atoms with Crippen molar-refractivity contribution in [2.75, 3.05) is 17.2 Å². The van der Waals surface area contributed by atoms with Crippen molar-refractivity contribution in [1.82, 2.24) is 0 Å². The molecule has 0 atom stereocenters. The summed E-state index contributed by atoms with van der Waals surface area (Å²) in [4.78, 5) is 12.1. The molecule has 0 spiro atoms. The first-order chi connectivity index (χ1) is 11.8. The number of benzene rings is 2. The Balaban J connectivity index is 1.97. The van der Waals surface area contributed by atoms with Crippen LogP contribution in [0.1, 0.15) is 16.7 Å². The summed E-state index contributed by atoms with van der Waals surface area (Å²) >= 11 is 5.88. The molecule has 7 heteroatoms. The number of aryl methyl sites for hydroxylation is 3. The Morgan fingerprint density at radius 2 is 1.80 bits per heavy atom. The van der Waals surface area contributed by atoms with E-state index in [1.165, 1.54) is 18.2 Å². The molecule has 0 heterocycles. The number of carbonyl (C=O) groups is 1. The van der Waals surface area contributed by atoms with Gasteiger partial charge in [-0.2, -0.15) is 8.78 Å². The van der Waals surface area contributed by atoms with Gasteiger partial charge in [0.05, 0.1) is 11.6 Å². The van der Waals surface area contributed by atoms with Gasteiger partial charge in [-0.1, -0.05) is 29.3 Å². The molecule has 0 saturated heterocycles. The van der Waals surface area contributed by atoms with E-state index in [9.17, 15) is 13.6 Å². The lowest BCUT2D eigenvalue weighted by Crippen LogP contribution is -2.22. The van der Waals surface area contributed by atoms with Gasteiger partial charge >= 0.3 is 6.61 Å². The van der Waals surface area contributed by atoms with Crippen LogP contribution in [0.2, 0.25) is 5.02 Å². The first-order valence-electron chi connectivity index (χ1n) is 7.62. The van der Waals surface area contributed by atoms with Crippen molar-refractivity contribution in [3.8, 4) is 5.75 Å². The van der Waals surface area contributed by atoms with Crippen LogP contribution < -0.4 is 15.4 Å². The number of hydrogen-bond donors (Lipinski definition) is 2. The van der Waals surface area contributed by atoms with E-state index in [2.05, 4.69) is 15.4 Å². The molecule has 4 nitrogen and oxygen atoms in total. The standard InChI is InChI=1S/C18H19ClF2N2O2/c1-10-6-11(2)17(12(3)7-10)23-16(24)9-22-13-4-5-15(14(19)8-13)25-18(20)21/h4-8,18,22H,9H2,1-3H3,(H,23,24). The topological polar surface area (TPSA) is 50.4 Å². The molecule has 0 aliphatic rings. The number of ether oxygens (including phenoxy) is 1. The Kier molecular flexibility index (Phi) is 6.20. The largest absolute Gasteiger partial charge is 0.433 e. The van der Waals surface area contributed by atoms with E-state index in [0.29, 0.717) is 5.69 Å². The van der Waals surface area contributed by atoms with Gasteiger partial charge < -0.3 is 15.4 Å². The van der Waals surface area contributed by atoms with Crippen molar-refractivity contribution >= 4 is 28.9 Å². The molecular weight excluding hydrogens is 350 g/mol. The van der Waals surface area contributed by atoms with Crippen LogP contribution in [0.4, 0.5) is 20.2 Å². The van der Waals surface area contributed by atoms with Crippen molar-refractivity contribution in [2.45, 2.75) is 27.4 Å². The maximum Gasteiger partial charge on any atom is 0.387 e. The van der Waals surface area contributed by atoms with Gasteiger partial charge in [-0.05, 0) is 50.1 Å². The average molecular weight is 369 g/mol. The van der Waals surface area contributed by atoms with E-state index >= 15 is 0 Å². The summed E-state index contributed by atoms with van der Waals surface area (Å²) in [5.41, 5.74) is 4.42. The number of alkyl halides is 2. The van der Waals surface area contributed by atoms with Crippen molar-refractivity contribution in [2.24, 2.45) is 0 Å². The highest BCUT2D eigenvalue weighted by Crippen LogP contribution is 2.29. The van der Waals surface area contributed by atoms with Crippen LogP contribution in [0, 0.1) is 20.8 Å².